The molecule has 0 aliphatic carbocycles. The second-order valence-corrected chi connectivity index (χ2v) is 9.06. The van der Waals surface area contributed by atoms with Crippen LogP contribution in [0.4, 0.5) is 0 Å². The largest absolute Gasteiger partial charge is 0.357 e. The number of aromatic amines is 1. The minimum absolute atomic E-state index is 0.230. The van der Waals surface area contributed by atoms with E-state index in [1.165, 1.54) is 0 Å². The molecule has 0 unspecified atom stereocenters. The number of benzene rings is 2. The van der Waals surface area contributed by atoms with Gasteiger partial charge in [0.15, 0.2) is 6.29 Å². The van der Waals surface area contributed by atoms with Crippen LogP contribution in [0.3, 0.4) is 0 Å². The van der Waals surface area contributed by atoms with Crippen LogP contribution in [0, 0.1) is 0 Å². The van der Waals surface area contributed by atoms with Crippen molar-refractivity contribution in [1.29, 1.82) is 0 Å². The number of ketones is 1. The summed E-state index contributed by atoms with van der Waals surface area (Å²) in [6, 6.07) is 13.5. The number of H-pyrrole nitrogens is 1. The van der Waals surface area contributed by atoms with Crippen LogP contribution >= 0.6 is 11.6 Å². The summed E-state index contributed by atoms with van der Waals surface area (Å²) >= 11 is 6.36. The topological polar surface area (TPSA) is 75.9 Å². The molecule has 0 spiro atoms. The Morgan fingerprint density at radius 1 is 1.17 bits per heavy atom. The molecule has 0 saturated heterocycles. The Bertz CT molecular complexity index is 1600. The van der Waals surface area contributed by atoms with Gasteiger partial charge < -0.3 is 14.5 Å². The smallest absolute Gasteiger partial charge is 0.242 e. The SMILES string of the molecule is C=Cn1cc(-c2c[nH]c(C(=O)C=O)c2-c2c3ccccc3nn2CCN(C)C)c2cc(Cl)ccc21. The predicted molar refractivity (Wildman–Crippen MR) is 141 cm³/mol. The fraction of sp³-hybridized carbons (Fsp3) is 0.148. The number of halogens is 1. The normalized spacial score (nSPS) is 11.5. The van der Waals surface area contributed by atoms with Gasteiger partial charge in [-0.25, -0.2) is 0 Å². The third kappa shape index (κ3) is 3.88. The molecule has 3 heterocycles. The lowest BCUT2D eigenvalue weighted by Crippen LogP contribution is -2.19. The second-order valence-electron chi connectivity index (χ2n) is 8.62. The summed E-state index contributed by atoms with van der Waals surface area (Å²) in [6.45, 7) is 5.29. The van der Waals surface area contributed by atoms with Crippen molar-refractivity contribution in [3.63, 3.8) is 0 Å². The summed E-state index contributed by atoms with van der Waals surface area (Å²) in [4.78, 5) is 29.5. The van der Waals surface area contributed by atoms with Crippen LogP contribution in [-0.4, -0.2) is 56.9 Å². The van der Waals surface area contributed by atoms with Gasteiger partial charge in [-0.05, 0) is 38.4 Å². The molecule has 0 amide bonds. The number of rotatable bonds is 8. The molecular formula is C27H24ClN5O2. The van der Waals surface area contributed by atoms with Crippen molar-refractivity contribution in [2.75, 3.05) is 20.6 Å². The number of hydrogen-bond donors (Lipinski definition) is 1. The van der Waals surface area contributed by atoms with E-state index in [1.807, 2.05) is 72.0 Å². The summed E-state index contributed by atoms with van der Waals surface area (Å²) in [5, 5.41) is 7.24. The lowest BCUT2D eigenvalue weighted by Gasteiger charge is -2.13. The molecule has 1 N–H and O–H groups in total. The van der Waals surface area contributed by atoms with E-state index in [0.29, 0.717) is 23.4 Å². The van der Waals surface area contributed by atoms with Crippen LogP contribution in [-0.2, 0) is 11.3 Å². The highest BCUT2D eigenvalue weighted by Crippen LogP contribution is 2.42. The molecule has 8 heteroatoms. The molecule has 2 aromatic carbocycles. The summed E-state index contributed by atoms with van der Waals surface area (Å²) in [6.07, 6.45) is 5.79. The predicted octanol–water partition coefficient (Wildman–Crippen LogP) is 5.35. The van der Waals surface area contributed by atoms with Gasteiger partial charge in [-0.15, -0.1) is 0 Å². The highest BCUT2D eigenvalue weighted by Gasteiger charge is 2.26. The van der Waals surface area contributed by atoms with Gasteiger partial charge in [0.05, 0.1) is 29.0 Å². The lowest BCUT2D eigenvalue weighted by atomic mass is 9.96. The van der Waals surface area contributed by atoms with E-state index in [0.717, 1.165) is 45.2 Å². The standard InChI is InChI=1S/C27H24ClN5O2/c1-4-32-15-21(19-13-17(28)9-10-23(19)32)20-14-29-26(24(35)16-34)25(20)27-18-7-5-6-8-22(18)30-33(27)12-11-31(2)3/h4-10,13-16,29H,1,11-12H2,2-3H3. The summed E-state index contributed by atoms with van der Waals surface area (Å²) in [5.74, 6) is -0.624. The van der Waals surface area contributed by atoms with Crippen molar-refractivity contribution in [1.82, 2.24) is 24.2 Å². The van der Waals surface area contributed by atoms with Crippen molar-refractivity contribution in [2.45, 2.75) is 6.54 Å². The quantitative estimate of drug-likeness (QED) is 0.182. The maximum atomic E-state index is 12.8. The van der Waals surface area contributed by atoms with Crippen molar-refractivity contribution in [3.05, 3.63) is 72.2 Å². The van der Waals surface area contributed by atoms with Crippen LogP contribution in [0.5, 0.6) is 0 Å². The highest BCUT2D eigenvalue weighted by molar-refractivity contribution is 6.35. The van der Waals surface area contributed by atoms with E-state index in [2.05, 4.69) is 16.5 Å². The van der Waals surface area contributed by atoms with Gasteiger partial charge in [-0.2, -0.15) is 5.10 Å². The van der Waals surface area contributed by atoms with Crippen molar-refractivity contribution in [2.24, 2.45) is 0 Å². The molecule has 0 aliphatic rings. The molecule has 0 aliphatic heterocycles. The minimum atomic E-state index is -0.624. The maximum absolute atomic E-state index is 12.8. The average molecular weight is 486 g/mol. The van der Waals surface area contributed by atoms with Gasteiger partial charge in [0.25, 0.3) is 0 Å². The molecule has 0 atom stereocenters. The lowest BCUT2D eigenvalue weighted by molar-refractivity contribution is -0.104. The number of Topliss-reactive ketones (excluding diaryl/α,β-unsaturated/α-hetero) is 1. The molecule has 7 nitrogen and oxygen atoms in total. The Morgan fingerprint density at radius 2 is 1.97 bits per heavy atom. The molecule has 0 fully saturated rings. The van der Waals surface area contributed by atoms with Crippen molar-refractivity contribution < 1.29 is 9.59 Å². The first-order chi connectivity index (χ1) is 16.9. The molecule has 3 aromatic heterocycles. The van der Waals surface area contributed by atoms with E-state index >= 15 is 0 Å². The fourth-order valence-electron chi connectivity index (χ4n) is 4.53. The molecule has 35 heavy (non-hydrogen) atoms. The molecule has 5 aromatic rings. The van der Waals surface area contributed by atoms with Gasteiger partial charge in [-0.1, -0.05) is 36.4 Å². The number of carbonyl (C=O) groups is 2. The Hall–Kier alpha value is -3.94. The number of nitrogens with one attached hydrogen (secondary N) is 1. The number of nitrogens with zero attached hydrogens (tertiary/aromatic N) is 4. The monoisotopic (exact) mass is 485 g/mol. The molecule has 0 radical (unpaired) electrons. The minimum Gasteiger partial charge on any atom is -0.357 e. The number of carbonyl (C=O) groups excluding carboxylic acids is 2. The number of aldehydes is 1. The molecule has 176 valence electrons. The van der Waals surface area contributed by atoms with Crippen LogP contribution in [0.1, 0.15) is 10.5 Å². The zero-order valence-corrected chi connectivity index (χ0v) is 20.2. The van der Waals surface area contributed by atoms with E-state index in [1.54, 1.807) is 12.4 Å². The Balaban J connectivity index is 1.86. The zero-order chi connectivity index (χ0) is 24.7. The van der Waals surface area contributed by atoms with Crippen LogP contribution in [0.15, 0.2) is 61.4 Å². The second kappa shape index (κ2) is 9.02. The Labute approximate surface area is 207 Å². The van der Waals surface area contributed by atoms with Crippen LogP contribution in [0.25, 0.3) is 50.4 Å². The first-order valence-electron chi connectivity index (χ1n) is 11.2. The van der Waals surface area contributed by atoms with Crippen molar-refractivity contribution >= 4 is 51.7 Å². The number of aromatic nitrogens is 4. The molecule has 0 bridgehead atoms. The van der Waals surface area contributed by atoms with E-state index in [4.69, 9.17) is 16.7 Å². The fourth-order valence-corrected chi connectivity index (χ4v) is 4.70. The summed E-state index contributed by atoms with van der Waals surface area (Å²) in [7, 11) is 4.00. The molecule has 5 rings (SSSR count). The number of fused-ring (bicyclic) bond motifs is 2. The highest BCUT2D eigenvalue weighted by atomic mass is 35.5. The molecular weight excluding hydrogens is 462 g/mol. The van der Waals surface area contributed by atoms with Gasteiger partial charge in [0, 0.05) is 57.6 Å². The zero-order valence-electron chi connectivity index (χ0n) is 19.5. The Kier molecular flexibility index (Phi) is 5.88. The van der Waals surface area contributed by atoms with E-state index < -0.39 is 5.78 Å². The number of hydrogen-bond acceptors (Lipinski definition) is 4. The van der Waals surface area contributed by atoms with E-state index in [-0.39, 0.29) is 5.69 Å². The van der Waals surface area contributed by atoms with Crippen LogP contribution in [0.2, 0.25) is 5.02 Å². The average Bonchev–Trinajstić information content (AvgIpc) is 3.54. The third-order valence-electron chi connectivity index (χ3n) is 6.16. The molecule has 0 saturated carbocycles. The van der Waals surface area contributed by atoms with E-state index in [9.17, 15) is 9.59 Å². The van der Waals surface area contributed by atoms with Crippen LogP contribution < -0.4 is 0 Å². The number of likely N-dealkylation sites (N-methyl/N-ethyl adjacent to an activating group) is 1. The van der Waals surface area contributed by atoms with Gasteiger partial charge >= 0.3 is 0 Å². The maximum Gasteiger partial charge on any atom is 0.242 e. The van der Waals surface area contributed by atoms with Gasteiger partial charge in [0.2, 0.25) is 5.78 Å². The summed E-state index contributed by atoms with van der Waals surface area (Å²) in [5.41, 5.74) is 5.04. The van der Waals surface area contributed by atoms with Gasteiger partial charge in [-0.3, -0.25) is 14.3 Å². The first-order valence-corrected chi connectivity index (χ1v) is 11.5. The van der Waals surface area contributed by atoms with Gasteiger partial charge in [0.1, 0.15) is 0 Å². The Morgan fingerprint density at radius 3 is 2.71 bits per heavy atom. The summed E-state index contributed by atoms with van der Waals surface area (Å²) < 4.78 is 3.83. The first kappa shape index (κ1) is 22.8. The third-order valence-corrected chi connectivity index (χ3v) is 6.39. The van der Waals surface area contributed by atoms with Crippen molar-refractivity contribution in [3.8, 4) is 22.4 Å².